The third-order valence-electron chi connectivity index (χ3n) is 3.38. The molecule has 0 aromatic carbocycles. The average Bonchev–Trinajstić information content (AvgIpc) is 2.86. The molecule has 10 heteroatoms. The van der Waals surface area contributed by atoms with Gasteiger partial charge >= 0.3 is 15.5 Å². The molecule has 0 bridgehead atoms. The van der Waals surface area contributed by atoms with Crippen molar-refractivity contribution in [2.24, 2.45) is 0 Å². The summed E-state index contributed by atoms with van der Waals surface area (Å²) >= 11 is 0. The van der Waals surface area contributed by atoms with E-state index in [-0.39, 0.29) is 6.54 Å². The predicted octanol–water partition coefficient (Wildman–Crippen LogP) is 1.95. The van der Waals surface area contributed by atoms with Crippen molar-refractivity contribution in [3.8, 4) is 0 Å². The van der Waals surface area contributed by atoms with Crippen LogP contribution in [-0.2, 0) is 16.6 Å². The first kappa shape index (κ1) is 18.7. The van der Waals surface area contributed by atoms with E-state index < -0.39 is 15.5 Å². The molecule has 2 N–H and O–H groups in total. The van der Waals surface area contributed by atoms with E-state index >= 15 is 0 Å². The summed E-state index contributed by atoms with van der Waals surface area (Å²) in [7, 11) is -5.24. The lowest BCUT2D eigenvalue weighted by molar-refractivity contribution is -0.0447. The van der Waals surface area contributed by atoms with Crippen LogP contribution >= 0.6 is 0 Å². The number of imidazole rings is 1. The molecule has 2 heterocycles. The van der Waals surface area contributed by atoms with Crippen molar-refractivity contribution in [1.82, 2.24) is 19.4 Å². The number of alkyl halides is 3. The molecule has 6 nitrogen and oxygen atoms in total. The van der Waals surface area contributed by atoms with Crippen LogP contribution in [0.3, 0.4) is 0 Å². The molecule has 0 saturated heterocycles. The smallest absolute Gasteiger partial charge is 0.311 e. The molecule has 0 fully saturated rings. The summed E-state index contributed by atoms with van der Waals surface area (Å²) in [5.41, 5.74) is -2.47. The van der Waals surface area contributed by atoms with E-state index in [0.717, 1.165) is 17.0 Å². The monoisotopic (exact) mass is 364 g/mol. The Morgan fingerprint density at radius 2 is 1.92 bits per heavy atom. The van der Waals surface area contributed by atoms with Gasteiger partial charge in [0.05, 0.1) is 5.69 Å². The van der Waals surface area contributed by atoms with Gasteiger partial charge in [-0.1, -0.05) is 6.07 Å². The fraction of sp³-hybridized carbons (Fsp3) is 0.500. The van der Waals surface area contributed by atoms with Gasteiger partial charge in [-0.05, 0) is 38.4 Å². The summed E-state index contributed by atoms with van der Waals surface area (Å²) in [5, 5.41) is 3.18. The molecule has 0 aliphatic carbocycles. The fourth-order valence-electron chi connectivity index (χ4n) is 2.21. The SMILES string of the molecule is Cc1cn2c(CNCCCCNS(=O)(=O)C(F)(F)F)cccc2n1. The van der Waals surface area contributed by atoms with Crippen LogP contribution in [0.25, 0.3) is 5.65 Å². The lowest BCUT2D eigenvalue weighted by Gasteiger charge is -2.10. The van der Waals surface area contributed by atoms with Crippen molar-refractivity contribution >= 4 is 15.7 Å². The topological polar surface area (TPSA) is 75.5 Å². The zero-order chi connectivity index (χ0) is 17.8. The van der Waals surface area contributed by atoms with Gasteiger partial charge in [-0.15, -0.1) is 0 Å². The minimum absolute atomic E-state index is 0.236. The zero-order valence-corrected chi connectivity index (χ0v) is 13.9. The third kappa shape index (κ3) is 4.68. The highest BCUT2D eigenvalue weighted by molar-refractivity contribution is 7.90. The van der Waals surface area contributed by atoms with Crippen molar-refractivity contribution in [3.63, 3.8) is 0 Å². The number of aromatic nitrogens is 2. The van der Waals surface area contributed by atoms with Crippen LogP contribution in [0.4, 0.5) is 13.2 Å². The molecule has 0 amide bonds. The average molecular weight is 364 g/mol. The summed E-state index contributed by atoms with van der Waals surface area (Å²) in [6.45, 7) is 2.82. The molecule has 0 radical (unpaired) electrons. The molecule has 0 aliphatic heterocycles. The Labute approximate surface area is 138 Å². The van der Waals surface area contributed by atoms with Crippen molar-refractivity contribution < 1.29 is 21.6 Å². The lowest BCUT2D eigenvalue weighted by atomic mass is 10.3. The highest BCUT2D eigenvalue weighted by Gasteiger charge is 2.45. The van der Waals surface area contributed by atoms with E-state index in [1.807, 2.05) is 35.7 Å². The van der Waals surface area contributed by atoms with Crippen LogP contribution in [0.5, 0.6) is 0 Å². The van der Waals surface area contributed by atoms with E-state index in [0.29, 0.717) is 25.9 Å². The van der Waals surface area contributed by atoms with Crippen LogP contribution in [0, 0.1) is 6.92 Å². The minimum Gasteiger partial charge on any atom is -0.311 e. The maximum atomic E-state index is 12.1. The van der Waals surface area contributed by atoms with Gasteiger partial charge in [-0.25, -0.2) is 18.1 Å². The number of hydrogen-bond donors (Lipinski definition) is 2. The van der Waals surface area contributed by atoms with Gasteiger partial charge in [0, 0.05) is 25.0 Å². The van der Waals surface area contributed by atoms with Gasteiger partial charge in [-0.2, -0.15) is 13.2 Å². The molecule has 0 atom stereocenters. The van der Waals surface area contributed by atoms with E-state index in [4.69, 9.17) is 0 Å². The van der Waals surface area contributed by atoms with E-state index in [2.05, 4.69) is 10.3 Å². The highest BCUT2D eigenvalue weighted by Crippen LogP contribution is 2.21. The quantitative estimate of drug-likeness (QED) is 0.702. The van der Waals surface area contributed by atoms with Crippen LogP contribution < -0.4 is 10.0 Å². The molecule has 2 aromatic rings. The first-order valence-corrected chi connectivity index (χ1v) is 8.89. The first-order chi connectivity index (χ1) is 11.2. The molecule has 134 valence electrons. The van der Waals surface area contributed by atoms with Crippen LogP contribution in [0.2, 0.25) is 0 Å². The Bertz CT molecular complexity index is 787. The summed E-state index contributed by atoms with van der Waals surface area (Å²) < 4.78 is 61.4. The molecule has 2 rings (SSSR count). The van der Waals surface area contributed by atoms with Gasteiger partial charge in [0.1, 0.15) is 5.65 Å². The number of nitrogens with zero attached hydrogens (tertiary/aromatic N) is 2. The number of unbranched alkanes of at least 4 members (excludes halogenated alkanes) is 1. The number of rotatable bonds is 8. The Kier molecular flexibility index (Phi) is 5.83. The zero-order valence-electron chi connectivity index (χ0n) is 13.1. The largest absolute Gasteiger partial charge is 0.511 e. The maximum Gasteiger partial charge on any atom is 0.511 e. The molecular weight excluding hydrogens is 345 g/mol. The molecular formula is C14H19F3N4O2S. The Balaban J connectivity index is 1.70. The van der Waals surface area contributed by atoms with Gasteiger partial charge in [0.15, 0.2) is 0 Å². The van der Waals surface area contributed by atoms with Crippen molar-refractivity contribution in [1.29, 1.82) is 0 Å². The lowest BCUT2D eigenvalue weighted by Crippen LogP contribution is -2.37. The van der Waals surface area contributed by atoms with Gasteiger partial charge in [0.2, 0.25) is 0 Å². The summed E-state index contributed by atoms with van der Waals surface area (Å²) in [6.07, 6.45) is 2.80. The summed E-state index contributed by atoms with van der Waals surface area (Å²) in [5.74, 6) is 0. The molecule has 0 unspecified atom stereocenters. The van der Waals surface area contributed by atoms with E-state index in [1.165, 1.54) is 0 Å². The number of hydrogen-bond acceptors (Lipinski definition) is 4. The normalized spacial score (nSPS) is 12.8. The number of nitrogens with one attached hydrogen (secondary N) is 2. The van der Waals surface area contributed by atoms with E-state index in [9.17, 15) is 21.6 Å². The van der Waals surface area contributed by atoms with Crippen molar-refractivity contribution in [3.05, 3.63) is 35.8 Å². The molecule has 0 spiro atoms. The van der Waals surface area contributed by atoms with Crippen LogP contribution in [0.15, 0.2) is 24.4 Å². The summed E-state index contributed by atoms with van der Waals surface area (Å²) in [4.78, 5) is 4.36. The fourth-order valence-corrected chi connectivity index (χ4v) is 2.79. The Morgan fingerprint density at radius 1 is 1.21 bits per heavy atom. The first-order valence-electron chi connectivity index (χ1n) is 7.41. The Hall–Kier alpha value is -1.65. The van der Waals surface area contributed by atoms with Gasteiger partial charge < -0.3 is 9.72 Å². The van der Waals surface area contributed by atoms with Crippen LogP contribution in [-0.4, -0.2) is 36.4 Å². The second kappa shape index (κ2) is 7.49. The minimum atomic E-state index is -5.26. The number of aryl methyl sites for hydroxylation is 1. The van der Waals surface area contributed by atoms with Gasteiger partial charge in [0.25, 0.3) is 0 Å². The molecule has 24 heavy (non-hydrogen) atoms. The van der Waals surface area contributed by atoms with E-state index in [1.54, 1.807) is 4.72 Å². The Morgan fingerprint density at radius 3 is 2.62 bits per heavy atom. The summed E-state index contributed by atoms with van der Waals surface area (Å²) in [6, 6.07) is 5.77. The van der Waals surface area contributed by atoms with Crippen LogP contribution in [0.1, 0.15) is 24.2 Å². The van der Waals surface area contributed by atoms with Crippen molar-refractivity contribution in [2.45, 2.75) is 31.8 Å². The molecule has 0 aliphatic rings. The maximum absolute atomic E-state index is 12.1. The number of pyridine rings is 1. The van der Waals surface area contributed by atoms with Crippen molar-refractivity contribution in [2.75, 3.05) is 13.1 Å². The molecule has 0 saturated carbocycles. The highest BCUT2D eigenvalue weighted by atomic mass is 32.2. The number of fused-ring (bicyclic) bond motifs is 1. The van der Waals surface area contributed by atoms with Gasteiger partial charge in [-0.3, -0.25) is 0 Å². The number of sulfonamides is 1. The standard InChI is InChI=1S/C14H19F3N4O2S/c1-11-10-21-12(5-4-6-13(21)20-11)9-18-7-2-3-8-19-24(22,23)14(15,16)17/h4-6,10,18-19H,2-3,7-9H2,1H3. The molecule has 2 aromatic heterocycles. The second-order valence-corrected chi connectivity index (χ2v) is 7.11. The second-order valence-electron chi connectivity index (χ2n) is 5.36. The predicted molar refractivity (Wildman–Crippen MR) is 83.8 cm³/mol. The third-order valence-corrected chi connectivity index (χ3v) is 4.57. The number of halogens is 3.